The van der Waals surface area contributed by atoms with Crippen molar-refractivity contribution in [2.24, 2.45) is 11.7 Å². The van der Waals surface area contributed by atoms with Gasteiger partial charge in [-0.1, -0.05) is 29.8 Å². The number of halogens is 1. The second-order valence-electron chi connectivity index (χ2n) is 5.38. The Morgan fingerprint density at radius 3 is 2.95 bits per heavy atom. The van der Waals surface area contributed by atoms with Gasteiger partial charge in [0.15, 0.2) is 0 Å². The molecule has 1 aliphatic heterocycles. The Labute approximate surface area is 120 Å². The molecule has 2 atom stereocenters. The summed E-state index contributed by atoms with van der Waals surface area (Å²) in [7, 11) is 0. The van der Waals surface area contributed by atoms with Gasteiger partial charge in [0, 0.05) is 24.2 Å². The first-order valence-electron chi connectivity index (χ1n) is 7.04. The summed E-state index contributed by atoms with van der Waals surface area (Å²) in [6.07, 6.45) is 3.05. The molecular weight excluding hydrogens is 260 g/mol. The molecule has 0 bridgehead atoms. The molecule has 0 radical (unpaired) electrons. The molecule has 0 amide bonds. The lowest BCUT2D eigenvalue weighted by Gasteiger charge is -2.19. The molecular formula is C15H23ClN2O. The highest BCUT2D eigenvalue weighted by Crippen LogP contribution is 2.25. The molecule has 2 rings (SSSR count). The fourth-order valence-electron chi connectivity index (χ4n) is 2.79. The predicted molar refractivity (Wildman–Crippen MR) is 79.2 cm³/mol. The summed E-state index contributed by atoms with van der Waals surface area (Å²) in [5.41, 5.74) is 7.25. The van der Waals surface area contributed by atoms with E-state index in [2.05, 4.69) is 4.90 Å². The summed E-state index contributed by atoms with van der Waals surface area (Å²) in [6.45, 7) is 3.53. The minimum atomic E-state index is 0.00518. The van der Waals surface area contributed by atoms with Gasteiger partial charge in [-0.25, -0.2) is 0 Å². The van der Waals surface area contributed by atoms with Crippen LogP contribution in [0.2, 0.25) is 5.02 Å². The van der Waals surface area contributed by atoms with Crippen molar-refractivity contribution in [1.29, 1.82) is 0 Å². The molecule has 1 heterocycles. The summed E-state index contributed by atoms with van der Waals surface area (Å²) in [6, 6.07) is 7.81. The number of benzene rings is 1. The van der Waals surface area contributed by atoms with Crippen LogP contribution in [0.4, 0.5) is 0 Å². The maximum absolute atomic E-state index is 8.96. The molecule has 0 aliphatic carbocycles. The smallest absolute Gasteiger partial charge is 0.0453 e. The van der Waals surface area contributed by atoms with Crippen LogP contribution < -0.4 is 5.73 Å². The van der Waals surface area contributed by atoms with E-state index in [0.29, 0.717) is 12.5 Å². The maximum atomic E-state index is 8.96. The Morgan fingerprint density at radius 2 is 2.21 bits per heavy atom. The highest BCUT2D eigenvalue weighted by molar-refractivity contribution is 6.31. The molecule has 3 N–H and O–H groups in total. The Hall–Kier alpha value is -0.610. The van der Waals surface area contributed by atoms with Crippen molar-refractivity contribution >= 4 is 11.6 Å². The summed E-state index contributed by atoms with van der Waals surface area (Å²) in [4.78, 5) is 2.44. The first-order chi connectivity index (χ1) is 9.20. The summed E-state index contributed by atoms with van der Waals surface area (Å²) in [5.74, 6) is 0.654. The van der Waals surface area contributed by atoms with E-state index in [1.54, 1.807) is 0 Å². The van der Waals surface area contributed by atoms with Crippen LogP contribution in [0.15, 0.2) is 24.3 Å². The number of nitrogens with two attached hydrogens (primary N) is 1. The lowest BCUT2D eigenvalue weighted by Crippen LogP contribution is -2.25. The third-order valence-electron chi connectivity index (χ3n) is 3.97. The van der Waals surface area contributed by atoms with Crippen molar-refractivity contribution in [2.75, 3.05) is 26.2 Å². The van der Waals surface area contributed by atoms with Crippen molar-refractivity contribution in [3.8, 4) is 0 Å². The molecule has 1 saturated heterocycles. The highest BCUT2D eigenvalue weighted by atomic mass is 35.5. The van der Waals surface area contributed by atoms with Crippen molar-refractivity contribution in [1.82, 2.24) is 4.90 Å². The van der Waals surface area contributed by atoms with Crippen LogP contribution in [-0.4, -0.2) is 36.2 Å². The van der Waals surface area contributed by atoms with Crippen LogP contribution >= 0.6 is 11.6 Å². The van der Waals surface area contributed by atoms with Crippen LogP contribution in [0.3, 0.4) is 0 Å². The topological polar surface area (TPSA) is 49.5 Å². The molecule has 4 heteroatoms. The number of hydrogen-bond donors (Lipinski definition) is 2. The van der Waals surface area contributed by atoms with Crippen LogP contribution in [0, 0.1) is 5.92 Å². The van der Waals surface area contributed by atoms with Crippen molar-refractivity contribution in [3.63, 3.8) is 0 Å². The van der Waals surface area contributed by atoms with Crippen molar-refractivity contribution in [2.45, 2.75) is 25.3 Å². The average molecular weight is 283 g/mol. The predicted octanol–water partition coefficient (Wildman–Crippen LogP) is 2.43. The molecule has 2 unspecified atom stereocenters. The van der Waals surface area contributed by atoms with Crippen LogP contribution in [0.25, 0.3) is 0 Å². The molecule has 1 aromatic carbocycles. The minimum absolute atomic E-state index is 0.00518. The lowest BCUT2D eigenvalue weighted by molar-refractivity contribution is 0.249. The largest absolute Gasteiger partial charge is 0.396 e. The van der Waals surface area contributed by atoms with Gasteiger partial charge in [-0.2, -0.15) is 0 Å². The normalized spacial score (nSPS) is 21.7. The second-order valence-corrected chi connectivity index (χ2v) is 5.79. The number of aliphatic hydroxyl groups is 1. The van der Waals surface area contributed by atoms with E-state index in [1.165, 1.54) is 6.42 Å². The number of aliphatic hydroxyl groups excluding tert-OH is 1. The monoisotopic (exact) mass is 282 g/mol. The number of nitrogens with zero attached hydrogens (tertiary/aromatic N) is 1. The SMILES string of the molecule is NC(CCN1CCC(CCO)C1)c1ccccc1Cl. The van der Waals surface area contributed by atoms with Crippen LogP contribution in [0.5, 0.6) is 0 Å². The average Bonchev–Trinajstić information content (AvgIpc) is 2.85. The third-order valence-corrected chi connectivity index (χ3v) is 4.31. The Kier molecular flexibility index (Phi) is 5.64. The standard InChI is InChI=1S/C15H23ClN2O/c16-14-4-2-1-3-13(14)15(17)6-9-18-8-5-12(11-18)7-10-19/h1-4,12,15,19H,5-11,17H2. The molecule has 0 aromatic heterocycles. The third kappa shape index (κ3) is 4.18. The van der Waals surface area contributed by atoms with Gasteiger partial charge in [0.05, 0.1) is 0 Å². The van der Waals surface area contributed by atoms with E-state index < -0.39 is 0 Å². The molecule has 19 heavy (non-hydrogen) atoms. The van der Waals surface area contributed by atoms with Gasteiger partial charge < -0.3 is 15.7 Å². The summed E-state index contributed by atoms with van der Waals surface area (Å²) < 4.78 is 0. The fraction of sp³-hybridized carbons (Fsp3) is 0.600. The molecule has 1 fully saturated rings. The lowest BCUT2D eigenvalue weighted by atomic mass is 10.0. The number of rotatable bonds is 6. The van der Waals surface area contributed by atoms with E-state index in [0.717, 1.165) is 43.1 Å². The van der Waals surface area contributed by atoms with Crippen LogP contribution in [-0.2, 0) is 0 Å². The van der Waals surface area contributed by atoms with E-state index >= 15 is 0 Å². The summed E-state index contributed by atoms with van der Waals surface area (Å²) >= 11 is 6.16. The first-order valence-corrected chi connectivity index (χ1v) is 7.41. The Morgan fingerprint density at radius 1 is 1.42 bits per heavy atom. The molecule has 3 nitrogen and oxygen atoms in total. The van der Waals surface area contributed by atoms with Gasteiger partial charge in [0.2, 0.25) is 0 Å². The van der Waals surface area contributed by atoms with Gasteiger partial charge in [-0.05, 0) is 49.9 Å². The van der Waals surface area contributed by atoms with Crippen LogP contribution in [0.1, 0.15) is 30.9 Å². The van der Waals surface area contributed by atoms with Gasteiger partial charge in [-0.3, -0.25) is 0 Å². The van der Waals surface area contributed by atoms with Gasteiger partial charge in [-0.15, -0.1) is 0 Å². The molecule has 1 aromatic rings. The van der Waals surface area contributed by atoms with Gasteiger partial charge in [0.25, 0.3) is 0 Å². The zero-order valence-corrected chi connectivity index (χ0v) is 12.0. The van der Waals surface area contributed by atoms with Crippen molar-refractivity contribution < 1.29 is 5.11 Å². The zero-order valence-electron chi connectivity index (χ0n) is 11.3. The van der Waals surface area contributed by atoms with Crippen molar-refractivity contribution in [3.05, 3.63) is 34.9 Å². The van der Waals surface area contributed by atoms with Gasteiger partial charge >= 0.3 is 0 Å². The van der Waals surface area contributed by atoms with E-state index in [-0.39, 0.29) is 6.04 Å². The molecule has 0 spiro atoms. The van der Waals surface area contributed by atoms with E-state index in [1.807, 2.05) is 24.3 Å². The number of likely N-dealkylation sites (tertiary alicyclic amines) is 1. The molecule has 1 aliphatic rings. The minimum Gasteiger partial charge on any atom is -0.396 e. The van der Waals surface area contributed by atoms with E-state index in [9.17, 15) is 0 Å². The Bertz CT molecular complexity index is 399. The first kappa shape index (κ1) is 14.8. The number of hydrogen-bond acceptors (Lipinski definition) is 3. The quantitative estimate of drug-likeness (QED) is 0.843. The van der Waals surface area contributed by atoms with E-state index in [4.69, 9.17) is 22.4 Å². The molecule has 106 valence electrons. The highest BCUT2D eigenvalue weighted by Gasteiger charge is 2.22. The van der Waals surface area contributed by atoms with Gasteiger partial charge in [0.1, 0.15) is 0 Å². The Balaban J connectivity index is 1.78. The zero-order chi connectivity index (χ0) is 13.7. The molecule has 0 saturated carbocycles. The maximum Gasteiger partial charge on any atom is 0.0453 e. The fourth-order valence-corrected chi connectivity index (χ4v) is 3.06. The summed E-state index contributed by atoms with van der Waals surface area (Å²) in [5, 5.41) is 9.72. The second kappa shape index (κ2) is 7.25.